The number of ether oxygens (including phenoxy) is 1. The van der Waals surface area contributed by atoms with Gasteiger partial charge in [0.05, 0.1) is 18.7 Å². The molecular formula is C11H9ClN2O3. The molecule has 0 amide bonds. The van der Waals surface area contributed by atoms with Crippen molar-refractivity contribution in [3.8, 4) is 23.0 Å². The number of hydrogen-bond acceptors (Lipinski definition) is 4. The number of hydrogen-bond donors (Lipinski definition) is 2. The SMILES string of the molecule is COc1cc(Cl)ccc1-c1nc(O)cc(=O)[nH]1. The maximum Gasteiger partial charge on any atom is 0.254 e. The van der Waals surface area contributed by atoms with E-state index in [2.05, 4.69) is 9.97 Å². The largest absolute Gasteiger partial charge is 0.496 e. The van der Waals surface area contributed by atoms with Crippen molar-refractivity contribution in [3.05, 3.63) is 39.6 Å². The average molecular weight is 253 g/mol. The van der Waals surface area contributed by atoms with Gasteiger partial charge in [0.25, 0.3) is 5.56 Å². The van der Waals surface area contributed by atoms with Crippen molar-refractivity contribution in [3.63, 3.8) is 0 Å². The Hall–Kier alpha value is -2.01. The van der Waals surface area contributed by atoms with E-state index in [-0.39, 0.29) is 11.7 Å². The first-order valence-electron chi connectivity index (χ1n) is 4.74. The van der Waals surface area contributed by atoms with Crippen LogP contribution in [0.3, 0.4) is 0 Å². The minimum Gasteiger partial charge on any atom is -0.496 e. The number of rotatable bonds is 2. The van der Waals surface area contributed by atoms with E-state index in [1.807, 2.05) is 0 Å². The van der Waals surface area contributed by atoms with Crippen LogP contribution in [-0.2, 0) is 0 Å². The fraction of sp³-hybridized carbons (Fsp3) is 0.0909. The zero-order chi connectivity index (χ0) is 12.4. The Bertz CT molecular complexity index is 610. The number of aromatic hydroxyl groups is 1. The summed E-state index contributed by atoms with van der Waals surface area (Å²) < 4.78 is 5.13. The fourth-order valence-corrected chi connectivity index (χ4v) is 1.60. The van der Waals surface area contributed by atoms with Gasteiger partial charge in [-0.3, -0.25) is 4.79 Å². The van der Waals surface area contributed by atoms with Gasteiger partial charge in [0, 0.05) is 5.02 Å². The minimum absolute atomic E-state index is 0.225. The van der Waals surface area contributed by atoms with Gasteiger partial charge >= 0.3 is 0 Å². The lowest BCUT2D eigenvalue weighted by Gasteiger charge is -2.07. The molecule has 1 aromatic carbocycles. The van der Waals surface area contributed by atoms with Gasteiger partial charge in [0.1, 0.15) is 11.6 Å². The number of benzene rings is 1. The van der Waals surface area contributed by atoms with Crippen LogP contribution >= 0.6 is 11.6 Å². The second-order valence-corrected chi connectivity index (χ2v) is 3.73. The van der Waals surface area contributed by atoms with Crippen LogP contribution in [-0.4, -0.2) is 22.2 Å². The minimum atomic E-state index is -0.440. The Labute approximate surface area is 102 Å². The van der Waals surface area contributed by atoms with E-state index in [0.29, 0.717) is 16.3 Å². The quantitative estimate of drug-likeness (QED) is 0.855. The standard InChI is InChI=1S/C11H9ClN2O3/c1-17-8-4-6(12)2-3-7(8)11-13-9(15)5-10(16)14-11/h2-5H,1H3,(H2,13,14,15,16). The smallest absolute Gasteiger partial charge is 0.254 e. The second kappa shape index (κ2) is 4.47. The summed E-state index contributed by atoms with van der Waals surface area (Å²) in [5.74, 6) is 0.343. The topological polar surface area (TPSA) is 75.2 Å². The molecule has 0 aliphatic carbocycles. The van der Waals surface area contributed by atoms with E-state index in [9.17, 15) is 9.90 Å². The van der Waals surface area contributed by atoms with Crippen molar-refractivity contribution < 1.29 is 9.84 Å². The van der Waals surface area contributed by atoms with Gasteiger partial charge in [-0.05, 0) is 18.2 Å². The first-order valence-corrected chi connectivity index (χ1v) is 5.12. The number of nitrogens with one attached hydrogen (secondary N) is 1. The molecule has 0 unspecified atom stereocenters. The van der Waals surface area contributed by atoms with Crippen LogP contribution in [0.5, 0.6) is 11.6 Å². The van der Waals surface area contributed by atoms with Crippen LogP contribution in [0.25, 0.3) is 11.4 Å². The van der Waals surface area contributed by atoms with E-state index in [0.717, 1.165) is 6.07 Å². The molecule has 0 spiro atoms. The molecule has 0 aliphatic rings. The van der Waals surface area contributed by atoms with Crippen LogP contribution in [0.2, 0.25) is 5.02 Å². The highest BCUT2D eigenvalue weighted by atomic mass is 35.5. The molecule has 0 atom stereocenters. The first-order chi connectivity index (χ1) is 8.10. The maximum atomic E-state index is 11.2. The molecule has 2 aromatic rings. The summed E-state index contributed by atoms with van der Waals surface area (Å²) in [5, 5.41) is 9.78. The Morgan fingerprint density at radius 2 is 2.18 bits per heavy atom. The van der Waals surface area contributed by atoms with E-state index in [1.165, 1.54) is 7.11 Å². The average Bonchev–Trinajstić information content (AvgIpc) is 2.27. The number of halogens is 1. The molecule has 0 fully saturated rings. The van der Waals surface area contributed by atoms with Crippen molar-refractivity contribution in [2.45, 2.75) is 0 Å². The maximum absolute atomic E-state index is 11.2. The van der Waals surface area contributed by atoms with E-state index < -0.39 is 5.56 Å². The lowest BCUT2D eigenvalue weighted by atomic mass is 10.2. The van der Waals surface area contributed by atoms with E-state index in [1.54, 1.807) is 18.2 Å². The van der Waals surface area contributed by atoms with Crippen LogP contribution in [0.15, 0.2) is 29.1 Å². The molecule has 2 N–H and O–H groups in total. The highest BCUT2D eigenvalue weighted by molar-refractivity contribution is 6.30. The number of H-pyrrole nitrogens is 1. The lowest BCUT2D eigenvalue weighted by molar-refractivity contribution is 0.415. The third kappa shape index (κ3) is 2.39. The summed E-state index contributed by atoms with van der Waals surface area (Å²) in [6.07, 6.45) is 0. The van der Waals surface area contributed by atoms with Gasteiger partial charge < -0.3 is 14.8 Å². The van der Waals surface area contributed by atoms with Crippen molar-refractivity contribution in [1.82, 2.24) is 9.97 Å². The predicted octanol–water partition coefficient (Wildman–Crippen LogP) is 1.80. The molecular weight excluding hydrogens is 244 g/mol. The molecule has 0 saturated heterocycles. The Balaban J connectivity index is 2.63. The Morgan fingerprint density at radius 3 is 2.82 bits per heavy atom. The Kier molecular flexibility index (Phi) is 3.01. The summed E-state index contributed by atoms with van der Waals surface area (Å²) in [7, 11) is 1.48. The monoisotopic (exact) mass is 252 g/mol. The molecule has 17 heavy (non-hydrogen) atoms. The van der Waals surface area contributed by atoms with Crippen molar-refractivity contribution in [2.24, 2.45) is 0 Å². The molecule has 0 radical (unpaired) electrons. The van der Waals surface area contributed by atoms with Crippen molar-refractivity contribution in [2.75, 3.05) is 7.11 Å². The highest BCUT2D eigenvalue weighted by Crippen LogP contribution is 2.30. The predicted molar refractivity (Wildman–Crippen MR) is 63.5 cm³/mol. The van der Waals surface area contributed by atoms with Crippen LogP contribution in [0.1, 0.15) is 0 Å². The molecule has 0 aliphatic heterocycles. The van der Waals surface area contributed by atoms with Crippen LogP contribution in [0, 0.1) is 0 Å². The van der Waals surface area contributed by atoms with E-state index >= 15 is 0 Å². The number of aromatic amines is 1. The number of methoxy groups -OCH3 is 1. The third-order valence-electron chi connectivity index (χ3n) is 2.15. The molecule has 0 saturated carbocycles. The molecule has 2 rings (SSSR count). The Morgan fingerprint density at radius 1 is 1.41 bits per heavy atom. The molecule has 6 heteroatoms. The van der Waals surface area contributed by atoms with Gasteiger partial charge in [-0.1, -0.05) is 11.6 Å². The second-order valence-electron chi connectivity index (χ2n) is 3.30. The highest BCUT2D eigenvalue weighted by Gasteiger charge is 2.10. The zero-order valence-electron chi connectivity index (χ0n) is 8.90. The van der Waals surface area contributed by atoms with Crippen LogP contribution < -0.4 is 10.3 Å². The summed E-state index contributed by atoms with van der Waals surface area (Å²) >= 11 is 5.82. The van der Waals surface area contributed by atoms with Gasteiger partial charge in [0.2, 0.25) is 5.88 Å². The third-order valence-corrected chi connectivity index (χ3v) is 2.38. The van der Waals surface area contributed by atoms with Gasteiger partial charge in [-0.2, -0.15) is 4.98 Å². The number of nitrogens with zero attached hydrogens (tertiary/aromatic N) is 1. The van der Waals surface area contributed by atoms with Gasteiger partial charge in [-0.25, -0.2) is 0 Å². The normalized spacial score (nSPS) is 10.2. The summed E-state index contributed by atoms with van der Waals surface area (Å²) in [6, 6.07) is 5.88. The summed E-state index contributed by atoms with van der Waals surface area (Å²) in [5.41, 5.74) is 0.106. The summed E-state index contributed by atoms with van der Waals surface area (Å²) in [4.78, 5) is 17.6. The van der Waals surface area contributed by atoms with Crippen LogP contribution in [0.4, 0.5) is 0 Å². The van der Waals surface area contributed by atoms with Gasteiger partial charge in [-0.15, -0.1) is 0 Å². The molecule has 1 heterocycles. The molecule has 5 nitrogen and oxygen atoms in total. The number of aromatic nitrogens is 2. The first kappa shape index (κ1) is 11.5. The van der Waals surface area contributed by atoms with Gasteiger partial charge in [0.15, 0.2) is 0 Å². The zero-order valence-corrected chi connectivity index (χ0v) is 9.65. The fourth-order valence-electron chi connectivity index (χ4n) is 1.43. The van der Waals surface area contributed by atoms with Crippen molar-refractivity contribution in [1.29, 1.82) is 0 Å². The van der Waals surface area contributed by atoms with Crippen molar-refractivity contribution >= 4 is 11.6 Å². The molecule has 1 aromatic heterocycles. The van der Waals surface area contributed by atoms with E-state index in [4.69, 9.17) is 16.3 Å². The lowest BCUT2D eigenvalue weighted by Crippen LogP contribution is -2.07. The molecule has 0 bridgehead atoms. The summed E-state index contributed by atoms with van der Waals surface area (Å²) in [6.45, 7) is 0. The molecule has 88 valence electrons.